The molecule has 0 saturated carbocycles. The van der Waals surface area contributed by atoms with Gasteiger partial charge in [-0.05, 0) is 38.0 Å². The third-order valence-electron chi connectivity index (χ3n) is 3.87. The van der Waals surface area contributed by atoms with E-state index in [4.69, 9.17) is 4.52 Å². The highest BCUT2D eigenvalue weighted by atomic mass is 16.5. The molecule has 25 heavy (non-hydrogen) atoms. The summed E-state index contributed by atoms with van der Waals surface area (Å²) in [6.07, 6.45) is 6.23. The molecule has 3 aromatic rings. The number of urea groups is 1. The number of anilines is 1. The van der Waals surface area contributed by atoms with Crippen molar-refractivity contribution < 1.29 is 9.32 Å². The maximum absolute atomic E-state index is 12.0. The van der Waals surface area contributed by atoms with E-state index in [-0.39, 0.29) is 6.03 Å². The fraction of sp³-hybridized carbons (Fsp3) is 0.294. The van der Waals surface area contributed by atoms with Crippen molar-refractivity contribution in [3.05, 3.63) is 59.4 Å². The molecule has 2 N–H and O–H groups in total. The van der Waals surface area contributed by atoms with Gasteiger partial charge in [-0.2, -0.15) is 5.10 Å². The summed E-state index contributed by atoms with van der Waals surface area (Å²) in [6, 6.07) is 5.40. The number of hydrogen-bond donors (Lipinski definition) is 2. The van der Waals surface area contributed by atoms with Crippen LogP contribution in [0, 0.1) is 13.8 Å². The van der Waals surface area contributed by atoms with Crippen LogP contribution in [0.5, 0.6) is 0 Å². The van der Waals surface area contributed by atoms with Crippen molar-refractivity contribution in [3.63, 3.8) is 0 Å². The van der Waals surface area contributed by atoms with Crippen LogP contribution in [0.2, 0.25) is 0 Å². The quantitative estimate of drug-likeness (QED) is 0.718. The van der Waals surface area contributed by atoms with E-state index in [1.54, 1.807) is 23.1 Å². The molecule has 3 aromatic heterocycles. The molecule has 0 aromatic carbocycles. The number of aromatic nitrogens is 4. The molecule has 2 amide bonds. The molecule has 0 aliphatic rings. The lowest BCUT2D eigenvalue weighted by molar-refractivity contribution is 0.251. The highest BCUT2D eigenvalue weighted by Crippen LogP contribution is 2.11. The van der Waals surface area contributed by atoms with E-state index in [9.17, 15) is 4.79 Å². The van der Waals surface area contributed by atoms with Gasteiger partial charge in [0.15, 0.2) is 5.82 Å². The summed E-state index contributed by atoms with van der Waals surface area (Å²) in [6.45, 7) is 4.75. The van der Waals surface area contributed by atoms with Crippen LogP contribution in [0.4, 0.5) is 10.6 Å². The Labute approximate surface area is 145 Å². The van der Waals surface area contributed by atoms with Crippen molar-refractivity contribution in [2.24, 2.45) is 0 Å². The third-order valence-corrected chi connectivity index (χ3v) is 3.87. The molecule has 8 heteroatoms. The van der Waals surface area contributed by atoms with Gasteiger partial charge in [-0.1, -0.05) is 5.16 Å². The largest absolute Gasteiger partial charge is 0.361 e. The van der Waals surface area contributed by atoms with Crippen LogP contribution >= 0.6 is 0 Å². The van der Waals surface area contributed by atoms with Gasteiger partial charge in [-0.15, -0.1) is 0 Å². The number of carbonyl (C=O) groups is 1. The van der Waals surface area contributed by atoms with Crippen molar-refractivity contribution >= 4 is 11.8 Å². The predicted octanol–water partition coefficient (Wildman–Crippen LogP) is 2.45. The zero-order valence-electron chi connectivity index (χ0n) is 14.2. The van der Waals surface area contributed by atoms with E-state index in [1.807, 2.05) is 32.2 Å². The van der Waals surface area contributed by atoms with Crippen molar-refractivity contribution in [2.45, 2.75) is 33.4 Å². The van der Waals surface area contributed by atoms with Crippen molar-refractivity contribution in [1.29, 1.82) is 0 Å². The molecule has 8 nitrogen and oxygen atoms in total. The van der Waals surface area contributed by atoms with Crippen LogP contribution in [0.3, 0.4) is 0 Å². The molecular weight excluding hydrogens is 320 g/mol. The Kier molecular flexibility index (Phi) is 5.08. The van der Waals surface area contributed by atoms with Crippen molar-refractivity contribution in [2.75, 3.05) is 5.32 Å². The van der Waals surface area contributed by atoms with Crippen molar-refractivity contribution in [1.82, 2.24) is 25.2 Å². The van der Waals surface area contributed by atoms with Gasteiger partial charge in [-0.25, -0.2) is 4.79 Å². The molecule has 0 radical (unpaired) electrons. The molecule has 0 fully saturated rings. The Morgan fingerprint density at radius 1 is 1.24 bits per heavy atom. The Balaban J connectivity index is 1.48. The van der Waals surface area contributed by atoms with Gasteiger partial charge >= 0.3 is 6.03 Å². The lowest BCUT2D eigenvalue weighted by Gasteiger charge is -2.05. The summed E-state index contributed by atoms with van der Waals surface area (Å²) in [5.41, 5.74) is 2.86. The van der Waals surface area contributed by atoms with E-state index in [1.165, 1.54) is 5.56 Å². The molecule has 0 atom stereocenters. The normalized spacial score (nSPS) is 10.6. The Hall–Kier alpha value is -3.16. The number of pyridine rings is 1. The molecule has 0 bridgehead atoms. The number of hydrogen-bond acceptors (Lipinski definition) is 5. The van der Waals surface area contributed by atoms with Gasteiger partial charge in [0.2, 0.25) is 0 Å². The minimum atomic E-state index is -0.320. The summed E-state index contributed by atoms with van der Waals surface area (Å²) >= 11 is 0. The molecule has 0 saturated heterocycles. The number of nitrogens with zero attached hydrogens (tertiary/aromatic N) is 4. The second kappa shape index (κ2) is 7.61. The van der Waals surface area contributed by atoms with Crippen LogP contribution in [-0.4, -0.2) is 26.0 Å². The summed E-state index contributed by atoms with van der Waals surface area (Å²) in [4.78, 5) is 16.0. The SMILES string of the molecule is Cc1noc(C)c1CNC(=O)Nc1ccn(CCc2ccncc2)n1. The topological polar surface area (TPSA) is 97.9 Å². The Morgan fingerprint density at radius 3 is 2.76 bits per heavy atom. The summed E-state index contributed by atoms with van der Waals surface area (Å²) in [7, 11) is 0. The van der Waals surface area contributed by atoms with Crippen LogP contribution in [0.25, 0.3) is 0 Å². The predicted molar refractivity (Wildman–Crippen MR) is 92.0 cm³/mol. The standard InChI is InChI=1S/C17H20N6O2/c1-12-15(13(2)25-22-12)11-19-17(24)20-16-6-10-23(21-16)9-5-14-3-7-18-8-4-14/h3-4,6-8,10H,5,9,11H2,1-2H3,(H2,19,20,21,24). The summed E-state index contributed by atoms with van der Waals surface area (Å²) in [5.74, 6) is 1.21. The minimum Gasteiger partial charge on any atom is -0.361 e. The van der Waals surface area contributed by atoms with Gasteiger partial charge in [0.05, 0.1) is 5.69 Å². The first-order valence-corrected chi connectivity index (χ1v) is 8.01. The smallest absolute Gasteiger partial charge is 0.320 e. The second-order valence-electron chi connectivity index (χ2n) is 5.68. The van der Waals surface area contributed by atoms with E-state index in [2.05, 4.69) is 25.9 Å². The first-order valence-electron chi connectivity index (χ1n) is 8.01. The third kappa shape index (κ3) is 4.43. The van der Waals surface area contributed by atoms with E-state index < -0.39 is 0 Å². The van der Waals surface area contributed by atoms with Gasteiger partial charge in [-0.3, -0.25) is 15.0 Å². The first-order chi connectivity index (χ1) is 12.1. The molecule has 3 heterocycles. The monoisotopic (exact) mass is 340 g/mol. The Morgan fingerprint density at radius 2 is 2.04 bits per heavy atom. The van der Waals surface area contributed by atoms with Gasteiger partial charge in [0.1, 0.15) is 5.76 Å². The molecular formula is C17H20N6O2. The highest BCUT2D eigenvalue weighted by Gasteiger charge is 2.11. The maximum Gasteiger partial charge on any atom is 0.320 e. The van der Waals surface area contributed by atoms with E-state index in [0.717, 1.165) is 24.2 Å². The lowest BCUT2D eigenvalue weighted by atomic mass is 10.2. The maximum atomic E-state index is 12.0. The van der Waals surface area contributed by atoms with Crippen LogP contribution in [0.1, 0.15) is 22.6 Å². The van der Waals surface area contributed by atoms with Gasteiger partial charge < -0.3 is 9.84 Å². The average molecular weight is 340 g/mol. The summed E-state index contributed by atoms with van der Waals surface area (Å²) in [5, 5.41) is 13.7. The van der Waals surface area contributed by atoms with Gasteiger partial charge in [0.25, 0.3) is 0 Å². The Bertz CT molecular complexity index is 820. The zero-order valence-corrected chi connectivity index (χ0v) is 14.2. The van der Waals surface area contributed by atoms with Crippen LogP contribution in [0.15, 0.2) is 41.3 Å². The van der Waals surface area contributed by atoms with Gasteiger partial charge in [0, 0.05) is 43.3 Å². The first kappa shape index (κ1) is 16.7. The molecule has 130 valence electrons. The number of carbonyl (C=O) groups excluding carboxylic acids is 1. The lowest BCUT2D eigenvalue weighted by Crippen LogP contribution is -2.28. The molecule has 0 aliphatic heterocycles. The molecule has 0 spiro atoms. The number of aryl methyl sites for hydroxylation is 4. The number of nitrogens with one attached hydrogen (secondary N) is 2. The second-order valence-corrected chi connectivity index (χ2v) is 5.68. The fourth-order valence-corrected chi connectivity index (χ4v) is 2.43. The van der Waals surface area contributed by atoms with E-state index in [0.29, 0.717) is 18.1 Å². The highest BCUT2D eigenvalue weighted by molar-refractivity contribution is 5.88. The average Bonchev–Trinajstić information content (AvgIpc) is 3.19. The van der Waals surface area contributed by atoms with Crippen molar-refractivity contribution in [3.8, 4) is 0 Å². The minimum absolute atomic E-state index is 0.320. The number of amides is 2. The number of rotatable bonds is 6. The van der Waals surface area contributed by atoms with Crippen LogP contribution < -0.4 is 10.6 Å². The molecule has 3 rings (SSSR count). The van der Waals surface area contributed by atoms with E-state index >= 15 is 0 Å². The van der Waals surface area contributed by atoms with Crippen LogP contribution in [-0.2, 0) is 19.5 Å². The molecule has 0 aliphatic carbocycles. The zero-order chi connectivity index (χ0) is 17.6. The fourth-order valence-electron chi connectivity index (χ4n) is 2.43. The summed E-state index contributed by atoms with van der Waals surface area (Å²) < 4.78 is 6.87. The molecule has 0 unspecified atom stereocenters.